The topological polar surface area (TPSA) is 114 Å². The van der Waals surface area contributed by atoms with Gasteiger partial charge in [0.15, 0.2) is 24.0 Å². The summed E-state index contributed by atoms with van der Waals surface area (Å²) in [5.41, 5.74) is 4.78. The smallest absolute Gasteiger partial charge is 0.270 e. The maximum absolute atomic E-state index is 12.9. The van der Waals surface area contributed by atoms with Crippen molar-refractivity contribution in [1.82, 2.24) is 10.9 Å². The first kappa shape index (κ1) is 25.4. The molecule has 0 bridgehead atoms. The first-order valence-electron chi connectivity index (χ1n) is 11.0. The molecule has 0 spiro atoms. The molecule has 3 saturated heterocycles. The highest BCUT2D eigenvalue weighted by molar-refractivity contribution is 6.35. The molecule has 3 fully saturated rings. The predicted octanol–water partition coefficient (Wildman–Crippen LogP) is 2.70. The van der Waals surface area contributed by atoms with E-state index < -0.39 is 54.1 Å². The molecule has 3 aliphatic heterocycles. The zero-order valence-electron chi connectivity index (χ0n) is 19.3. The van der Waals surface area contributed by atoms with Gasteiger partial charge in [0, 0.05) is 11.4 Å². The molecule has 3 aliphatic rings. The maximum Gasteiger partial charge on any atom is 0.270 e. The molecular formula is C22H28Cl2N2O8. The van der Waals surface area contributed by atoms with Crippen LogP contribution in [0.5, 0.6) is 5.75 Å². The number of amides is 2. The van der Waals surface area contributed by atoms with E-state index in [2.05, 4.69) is 10.9 Å². The highest BCUT2D eigenvalue weighted by Gasteiger charge is 2.62. The second-order valence-corrected chi connectivity index (χ2v) is 10.00. The van der Waals surface area contributed by atoms with Crippen molar-refractivity contribution in [1.29, 1.82) is 0 Å². The van der Waals surface area contributed by atoms with Crippen LogP contribution < -0.4 is 15.6 Å². The molecule has 34 heavy (non-hydrogen) atoms. The molecule has 0 aromatic heterocycles. The predicted molar refractivity (Wildman–Crippen MR) is 120 cm³/mol. The fourth-order valence-corrected chi connectivity index (χ4v) is 4.56. The van der Waals surface area contributed by atoms with Gasteiger partial charge in [-0.25, -0.2) is 0 Å². The summed E-state index contributed by atoms with van der Waals surface area (Å²) in [6.45, 7) is 7.26. The summed E-state index contributed by atoms with van der Waals surface area (Å²) in [4.78, 5) is 25.0. The van der Waals surface area contributed by atoms with E-state index in [1.54, 1.807) is 45.9 Å². The van der Waals surface area contributed by atoms with Crippen LogP contribution in [-0.4, -0.2) is 60.7 Å². The van der Waals surface area contributed by atoms with Gasteiger partial charge in [0.25, 0.3) is 5.91 Å². The Hall–Kier alpha value is -1.66. The maximum atomic E-state index is 12.9. The number of benzene rings is 1. The number of hydrogen-bond donors (Lipinski definition) is 2. The number of carbonyl (C=O) groups is 2. The van der Waals surface area contributed by atoms with E-state index in [1.807, 2.05) is 0 Å². The lowest BCUT2D eigenvalue weighted by atomic mass is 9.98. The Morgan fingerprint density at radius 1 is 0.971 bits per heavy atom. The van der Waals surface area contributed by atoms with Gasteiger partial charge < -0.3 is 28.4 Å². The average molecular weight is 519 g/mol. The first-order chi connectivity index (χ1) is 15.9. The molecule has 10 nitrogen and oxygen atoms in total. The van der Waals surface area contributed by atoms with Crippen LogP contribution in [0, 0.1) is 0 Å². The van der Waals surface area contributed by atoms with Crippen LogP contribution >= 0.6 is 23.2 Å². The van der Waals surface area contributed by atoms with Gasteiger partial charge >= 0.3 is 0 Å². The first-order valence-corrected chi connectivity index (χ1v) is 11.7. The van der Waals surface area contributed by atoms with E-state index in [-0.39, 0.29) is 13.0 Å². The van der Waals surface area contributed by atoms with Gasteiger partial charge in [-0.2, -0.15) is 0 Å². The summed E-state index contributed by atoms with van der Waals surface area (Å²) in [5.74, 6) is -2.33. The van der Waals surface area contributed by atoms with Gasteiger partial charge in [0.05, 0.1) is 11.6 Å². The summed E-state index contributed by atoms with van der Waals surface area (Å²) in [6.07, 6.45) is -3.21. The Morgan fingerprint density at radius 3 is 2.38 bits per heavy atom. The van der Waals surface area contributed by atoms with Gasteiger partial charge in [-0.05, 0) is 52.3 Å². The molecule has 0 aliphatic carbocycles. The van der Waals surface area contributed by atoms with Crippen LogP contribution in [0.25, 0.3) is 0 Å². The number of fused-ring (bicyclic) bond motifs is 3. The largest absolute Gasteiger partial charge is 0.492 e. The minimum Gasteiger partial charge on any atom is -0.492 e. The fraction of sp³-hybridized carbons (Fsp3) is 0.636. The summed E-state index contributed by atoms with van der Waals surface area (Å²) >= 11 is 11.9. The van der Waals surface area contributed by atoms with Gasteiger partial charge in [-0.1, -0.05) is 23.2 Å². The van der Waals surface area contributed by atoms with Gasteiger partial charge in [-0.15, -0.1) is 0 Å². The highest BCUT2D eigenvalue weighted by atomic mass is 35.5. The highest BCUT2D eigenvalue weighted by Crippen LogP contribution is 2.44. The average Bonchev–Trinajstić information content (AvgIpc) is 3.23. The van der Waals surface area contributed by atoms with Gasteiger partial charge in [0.1, 0.15) is 24.1 Å². The van der Waals surface area contributed by atoms with E-state index in [0.717, 1.165) is 0 Å². The van der Waals surface area contributed by atoms with Crippen molar-refractivity contribution >= 4 is 35.0 Å². The third kappa shape index (κ3) is 5.76. The Kier molecular flexibility index (Phi) is 7.31. The molecule has 3 heterocycles. The van der Waals surface area contributed by atoms with Crippen molar-refractivity contribution in [2.24, 2.45) is 0 Å². The second-order valence-electron chi connectivity index (χ2n) is 9.15. The number of nitrogens with one attached hydrogen (secondary N) is 2. The van der Waals surface area contributed by atoms with Crippen LogP contribution in [0.15, 0.2) is 18.2 Å². The summed E-state index contributed by atoms with van der Waals surface area (Å²) in [6, 6.07) is 4.89. The van der Waals surface area contributed by atoms with Crippen LogP contribution in [0.1, 0.15) is 40.5 Å². The third-order valence-corrected chi connectivity index (χ3v) is 5.97. The van der Waals surface area contributed by atoms with Crippen molar-refractivity contribution in [2.75, 3.05) is 6.61 Å². The molecule has 12 heteroatoms. The minimum atomic E-state index is -1.07. The number of ether oxygens (including phenoxy) is 6. The summed E-state index contributed by atoms with van der Waals surface area (Å²) < 4.78 is 35.0. The molecule has 0 radical (unpaired) electrons. The Morgan fingerprint density at radius 2 is 1.65 bits per heavy atom. The Balaban J connectivity index is 1.26. The van der Waals surface area contributed by atoms with Crippen molar-refractivity contribution in [3.8, 4) is 5.75 Å². The zero-order chi connectivity index (χ0) is 24.7. The number of rotatable bonds is 6. The van der Waals surface area contributed by atoms with Crippen LogP contribution in [-0.2, 0) is 33.3 Å². The second kappa shape index (κ2) is 9.77. The van der Waals surface area contributed by atoms with E-state index in [9.17, 15) is 9.59 Å². The fourth-order valence-electron chi connectivity index (χ4n) is 4.10. The Labute approximate surface area is 207 Å². The van der Waals surface area contributed by atoms with E-state index in [1.165, 1.54) is 0 Å². The molecule has 1 aromatic rings. The zero-order valence-corrected chi connectivity index (χ0v) is 20.8. The SMILES string of the molecule is CC1(C)O[C@@H]2O[C@H](C(=O)NNC(=O)CCCOc3ccc(Cl)cc3Cl)[C@@H]3OC(C)(C)O[C@@H]3[C@@H]2O1. The number of halogens is 2. The van der Waals surface area contributed by atoms with Crippen molar-refractivity contribution < 1.29 is 38.0 Å². The molecular weight excluding hydrogens is 491 g/mol. The minimum absolute atomic E-state index is 0.117. The van der Waals surface area contributed by atoms with Crippen molar-refractivity contribution in [2.45, 2.75) is 82.8 Å². The van der Waals surface area contributed by atoms with Crippen molar-refractivity contribution in [3.05, 3.63) is 28.2 Å². The molecule has 5 atom stereocenters. The van der Waals surface area contributed by atoms with Crippen LogP contribution in [0.4, 0.5) is 0 Å². The number of hydrazine groups is 1. The van der Waals surface area contributed by atoms with Crippen molar-refractivity contribution in [3.63, 3.8) is 0 Å². The quantitative estimate of drug-likeness (QED) is 0.436. The molecule has 2 amide bonds. The molecule has 0 saturated carbocycles. The molecule has 188 valence electrons. The van der Waals surface area contributed by atoms with E-state index in [4.69, 9.17) is 51.6 Å². The molecule has 1 aromatic carbocycles. The number of hydrogen-bond acceptors (Lipinski definition) is 8. The standard InChI is InChI=1S/C22H28Cl2N2O8/c1-21(2)31-15-16(32-21)18-20(34-22(3,4)33-18)30-17(15)19(28)26-25-14(27)6-5-9-29-13-8-7-11(23)10-12(13)24/h7-8,10,15-18,20H,5-6,9H2,1-4H3,(H,25,27)(H,26,28)/t15-,16+,17+,18+,20+/m1/s1. The summed E-state index contributed by atoms with van der Waals surface area (Å²) in [5, 5.41) is 0.892. The molecule has 2 N–H and O–H groups in total. The van der Waals surface area contributed by atoms with E-state index >= 15 is 0 Å². The lowest BCUT2D eigenvalue weighted by molar-refractivity contribution is -0.231. The lowest BCUT2D eigenvalue weighted by Gasteiger charge is -2.36. The lowest BCUT2D eigenvalue weighted by Crippen LogP contribution is -2.61. The van der Waals surface area contributed by atoms with Gasteiger partial charge in [-0.3, -0.25) is 20.4 Å². The number of carbonyl (C=O) groups excluding carboxylic acids is 2. The van der Waals surface area contributed by atoms with Crippen LogP contribution in [0.2, 0.25) is 10.0 Å². The van der Waals surface area contributed by atoms with E-state index in [0.29, 0.717) is 22.2 Å². The summed E-state index contributed by atoms with van der Waals surface area (Å²) in [7, 11) is 0. The van der Waals surface area contributed by atoms with Gasteiger partial charge in [0.2, 0.25) is 5.91 Å². The third-order valence-electron chi connectivity index (χ3n) is 5.44. The van der Waals surface area contributed by atoms with Crippen LogP contribution in [0.3, 0.4) is 0 Å². The normalized spacial score (nSPS) is 30.8. The molecule has 0 unspecified atom stereocenters. The molecule has 4 rings (SSSR count). The monoisotopic (exact) mass is 518 g/mol. The Bertz CT molecular complexity index is 943.